The number of aliphatic hydroxyl groups is 1. The largest absolute Gasteiger partial charge is 0.496 e. The average Bonchev–Trinajstić information content (AvgIpc) is 2.37. The number of ether oxygens (including phenoxy) is 1. The Balaban J connectivity index is 3.04. The van der Waals surface area contributed by atoms with Gasteiger partial charge < -0.3 is 14.7 Å². The lowest BCUT2D eigenvalue weighted by molar-refractivity contribution is -0.118. The first-order valence-corrected chi connectivity index (χ1v) is 6.06. The maximum Gasteiger partial charge on any atom is 0.229 e. The minimum absolute atomic E-state index is 0.0997. The monoisotopic (exact) mass is 251 g/mol. The highest BCUT2D eigenvalue weighted by Gasteiger charge is 2.14. The molecule has 4 nitrogen and oxygen atoms in total. The number of rotatable bonds is 5. The van der Waals surface area contributed by atoms with Gasteiger partial charge in [-0.3, -0.25) is 4.79 Å². The van der Waals surface area contributed by atoms with E-state index in [0.29, 0.717) is 5.92 Å². The van der Waals surface area contributed by atoms with Crippen molar-refractivity contribution in [2.75, 3.05) is 25.7 Å². The molecular formula is C14H21NO3. The van der Waals surface area contributed by atoms with Crippen molar-refractivity contribution in [1.29, 1.82) is 0 Å². The summed E-state index contributed by atoms with van der Waals surface area (Å²) in [6, 6.07) is 5.67. The van der Waals surface area contributed by atoms with Gasteiger partial charge in [0.25, 0.3) is 0 Å². The van der Waals surface area contributed by atoms with Gasteiger partial charge in [0.05, 0.1) is 20.1 Å². The van der Waals surface area contributed by atoms with E-state index in [4.69, 9.17) is 9.84 Å². The van der Waals surface area contributed by atoms with E-state index in [2.05, 4.69) is 13.8 Å². The zero-order valence-corrected chi connectivity index (χ0v) is 11.4. The molecule has 0 aromatic heterocycles. The maximum atomic E-state index is 11.7. The lowest BCUT2D eigenvalue weighted by atomic mass is 10.0. The fraction of sp³-hybridized carbons (Fsp3) is 0.500. The molecule has 1 aromatic rings. The van der Waals surface area contributed by atoms with Gasteiger partial charge in [0.1, 0.15) is 5.75 Å². The van der Waals surface area contributed by atoms with Crippen LogP contribution in [0.5, 0.6) is 5.75 Å². The smallest absolute Gasteiger partial charge is 0.229 e. The second-order valence-corrected chi connectivity index (χ2v) is 4.51. The number of nitrogens with zero attached hydrogens (tertiary/aromatic N) is 1. The molecule has 1 rings (SSSR count). The summed E-state index contributed by atoms with van der Waals surface area (Å²) >= 11 is 0. The Morgan fingerprint density at radius 2 is 2.11 bits per heavy atom. The minimum Gasteiger partial charge on any atom is -0.496 e. The molecule has 1 amide bonds. The van der Waals surface area contributed by atoms with Crippen molar-refractivity contribution in [3.63, 3.8) is 0 Å². The molecule has 1 aromatic carbocycles. The molecular weight excluding hydrogens is 230 g/mol. The number of hydrogen-bond donors (Lipinski definition) is 1. The molecule has 0 spiro atoms. The van der Waals surface area contributed by atoms with Crippen LogP contribution in [-0.2, 0) is 4.79 Å². The van der Waals surface area contributed by atoms with Gasteiger partial charge in [0, 0.05) is 12.7 Å². The van der Waals surface area contributed by atoms with Crippen LogP contribution in [0.2, 0.25) is 0 Å². The van der Waals surface area contributed by atoms with Crippen LogP contribution in [0.3, 0.4) is 0 Å². The molecule has 100 valence electrons. The molecule has 0 aliphatic heterocycles. The highest BCUT2D eigenvalue weighted by Crippen LogP contribution is 2.30. The van der Waals surface area contributed by atoms with E-state index in [1.807, 2.05) is 18.2 Å². The summed E-state index contributed by atoms with van der Waals surface area (Å²) in [5.41, 5.74) is 1.89. The van der Waals surface area contributed by atoms with E-state index >= 15 is 0 Å². The molecule has 0 radical (unpaired) electrons. The molecule has 0 bridgehead atoms. The van der Waals surface area contributed by atoms with Crippen LogP contribution in [0.1, 0.15) is 31.7 Å². The number of aliphatic hydroxyl groups excluding tert-OH is 1. The van der Waals surface area contributed by atoms with Gasteiger partial charge in [0.15, 0.2) is 0 Å². The summed E-state index contributed by atoms with van der Waals surface area (Å²) in [6.07, 6.45) is 0.138. The van der Waals surface area contributed by atoms with Crippen LogP contribution in [0.4, 0.5) is 5.69 Å². The first-order valence-electron chi connectivity index (χ1n) is 6.06. The van der Waals surface area contributed by atoms with Gasteiger partial charge in [-0.1, -0.05) is 13.8 Å². The van der Waals surface area contributed by atoms with E-state index in [1.165, 1.54) is 0 Å². The third-order valence-corrected chi connectivity index (χ3v) is 2.92. The fourth-order valence-electron chi connectivity index (χ4n) is 1.79. The van der Waals surface area contributed by atoms with Crippen LogP contribution in [0.15, 0.2) is 18.2 Å². The van der Waals surface area contributed by atoms with Crippen LogP contribution in [0.25, 0.3) is 0 Å². The van der Waals surface area contributed by atoms with Gasteiger partial charge in [-0.05, 0) is 29.7 Å². The lowest BCUT2D eigenvalue weighted by Gasteiger charge is -2.20. The van der Waals surface area contributed by atoms with Crippen molar-refractivity contribution in [1.82, 2.24) is 0 Å². The van der Waals surface area contributed by atoms with E-state index < -0.39 is 0 Å². The number of benzene rings is 1. The van der Waals surface area contributed by atoms with Gasteiger partial charge in [-0.15, -0.1) is 0 Å². The number of methoxy groups -OCH3 is 1. The van der Waals surface area contributed by atoms with Crippen molar-refractivity contribution >= 4 is 11.6 Å². The van der Waals surface area contributed by atoms with Crippen LogP contribution in [-0.4, -0.2) is 31.8 Å². The topological polar surface area (TPSA) is 49.8 Å². The highest BCUT2D eigenvalue weighted by atomic mass is 16.5. The number of carbonyl (C=O) groups excluding carboxylic acids is 1. The van der Waals surface area contributed by atoms with Crippen molar-refractivity contribution in [2.45, 2.75) is 26.2 Å². The van der Waals surface area contributed by atoms with E-state index in [9.17, 15) is 4.79 Å². The Hall–Kier alpha value is -1.55. The normalized spacial score (nSPS) is 10.6. The predicted octanol–water partition coefficient (Wildman–Crippen LogP) is 2.16. The molecule has 0 saturated heterocycles. The molecule has 0 aliphatic rings. The molecule has 0 aliphatic carbocycles. The number of amides is 1. The molecule has 4 heteroatoms. The zero-order valence-electron chi connectivity index (χ0n) is 11.4. The molecule has 0 fully saturated rings. The van der Waals surface area contributed by atoms with E-state index in [0.717, 1.165) is 17.0 Å². The Labute approximate surface area is 108 Å². The minimum atomic E-state index is -0.129. The first kappa shape index (κ1) is 14.5. The number of hydrogen-bond acceptors (Lipinski definition) is 3. The molecule has 0 atom stereocenters. The second kappa shape index (κ2) is 6.40. The number of carbonyl (C=O) groups is 1. The molecule has 18 heavy (non-hydrogen) atoms. The SMILES string of the molecule is COc1ccc(N(C)C(=O)CCO)cc1C(C)C. The predicted molar refractivity (Wildman–Crippen MR) is 72.2 cm³/mol. The summed E-state index contributed by atoms with van der Waals surface area (Å²) in [6.45, 7) is 4.03. The van der Waals surface area contributed by atoms with Gasteiger partial charge in [-0.25, -0.2) is 0 Å². The van der Waals surface area contributed by atoms with E-state index in [1.54, 1.807) is 19.1 Å². The van der Waals surface area contributed by atoms with Crippen LogP contribution >= 0.6 is 0 Å². The van der Waals surface area contributed by atoms with Crippen molar-refractivity contribution < 1.29 is 14.6 Å². The maximum absolute atomic E-state index is 11.7. The summed E-state index contributed by atoms with van der Waals surface area (Å²) in [4.78, 5) is 13.3. The highest BCUT2D eigenvalue weighted by molar-refractivity contribution is 5.93. The van der Waals surface area contributed by atoms with Crippen molar-refractivity contribution in [3.8, 4) is 5.75 Å². The third kappa shape index (κ3) is 3.23. The fourth-order valence-corrected chi connectivity index (χ4v) is 1.79. The van der Waals surface area contributed by atoms with E-state index in [-0.39, 0.29) is 18.9 Å². The standard InChI is InChI=1S/C14H21NO3/c1-10(2)12-9-11(5-6-13(12)18-4)15(3)14(17)7-8-16/h5-6,9-10,16H,7-8H2,1-4H3. The Kier molecular flexibility index (Phi) is 5.16. The Morgan fingerprint density at radius 1 is 1.44 bits per heavy atom. The molecule has 0 saturated carbocycles. The summed E-state index contributed by atoms with van der Waals surface area (Å²) < 4.78 is 5.31. The zero-order chi connectivity index (χ0) is 13.7. The second-order valence-electron chi connectivity index (χ2n) is 4.51. The van der Waals surface area contributed by atoms with Crippen LogP contribution < -0.4 is 9.64 Å². The third-order valence-electron chi connectivity index (χ3n) is 2.92. The molecule has 0 unspecified atom stereocenters. The summed E-state index contributed by atoms with van der Waals surface area (Å²) in [5, 5.41) is 8.79. The molecule has 0 heterocycles. The summed E-state index contributed by atoms with van der Waals surface area (Å²) in [5.74, 6) is 1.05. The van der Waals surface area contributed by atoms with Crippen LogP contribution in [0, 0.1) is 0 Å². The number of anilines is 1. The quantitative estimate of drug-likeness (QED) is 0.872. The summed E-state index contributed by atoms with van der Waals surface area (Å²) in [7, 11) is 3.35. The van der Waals surface area contributed by atoms with Gasteiger partial charge >= 0.3 is 0 Å². The lowest BCUT2D eigenvalue weighted by Crippen LogP contribution is -2.26. The van der Waals surface area contributed by atoms with Gasteiger partial charge in [-0.2, -0.15) is 0 Å². The van der Waals surface area contributed by atoms with Crippen molar-refractivity contribution in [3.05, 3.63) is 23.8 Å². The average molecular weight is 251 g/mol. The molecule has 1 N–H and O–H groups in total. The Morgan fingerprint density at radius 3 is 2.61 bits per heavy atom. The van der Waals surface area contributed by atoms with Crippen molar-refractivity contribution in [2.24, 2.45) is 0 Å². The Bertz CT molecular complexity index is 416. The van der Waals surface area contributed by atoms with Gasteiger partial charge in [0.2, 0.25) is 5.91 Å². The first-order chi connectivity index (χ1) is 8.51.